The van der Waals surface area contributed by atoms with E-state index in [1.54, 1.807) is 20.0 Å². The number of hydrogen-bond acceptors (Lipinski definition) is 7. The Morgan fingerprint density at radius 1 is 1.41 bits per heavy atom. The number of carbonyl (C=O) groups excluding carboxylic acids is 3. The number of aromatic nitrogens is 4. The van der Waals surface area contributed by atoms with Crippen molar-refractivity contribution < 1.29 is 14.4 Å². The van der Waals surface area contributed by atoms with Gasteiger partial charge in [-0.15, -0.1) is 5.10 Å². The first-order valence-electron chi connectivity index (χ1n) is 8.91. The van der Waals surface area contributed by atoms with Gasteiger partial charge in [0.2, 0.25) is 11.1 Å². The summed E-state index contributed by atoms with van der Waals surface area (Å²) in [6.07, 6.45) is 1.80. The van der Waals surface area contributed by atoms with Gasteiger partial charge in [0, 0.05) is 16.4 Å². The van der Waals surface area contributed by atoms with Crippen LogP contribution in [0.4, 0.5) is 10.5 Å². The van der Waals surface area contributed by atoms with Crippen molar-refractivity contribution in [3.63, 3.8) is 0 Å². The molecule has 29 heavy (non-hydrogen) atoms. The lowest BCUT2D eigenvalue weighted by molar-refractivity contribution is -0.134. The maximum absolute atomic E-state index is 12.7. The van der Waals surface area contributed by atoms with Gasteiger partial charge in [0.05, 0.1) is 5.69 Å². The molecular weight excluding hydrogens is 462 g/mol. The first-order chi connectivity index (χ1) is 13.8. The Balaban J connectivity index is 1.48. The fourth-order valence-corrected chi connectivity index (χ4v) is 4.38. The third kappa shape index (κ3) is 3.86. The van der Waals surface area contributed by atoms with Crippen molar-refractivity contribution in [2.75, 3.05) is 11.9 Å². The molecule has 12 heteroatoms. The summed E-state index contributed by atoms with van der Waals surface area (Å²) in [6.45, 7) is 1.37. The van der Waals surface area contributed by atoms with Crippen molar-refractivity contribution in [2.24, 2.45) is 13.0 Å². The zero-order valence-electron chi connectivity index (χ0n) is 15.7. The van der Waals surface area contributed by atoms with Crippen LogP contribution in [-0.2, 0) is 16.6 Å². The number of halogens is 1. The summed E-state index contributed by atoms with van der Waals surface area (Å²) in [5.41, 5.74) is -0.388. The lowest BCUT2D eigenvalue weighted by atomic mass is 9.96. The fraction of sp³-hybridized carbons (Fsp3) is 0.412. The van der Waals surface area contributed by atoms with Gasteiger partial charge in [0.25, 0.3) is 5.91 Å². The van der Waals surface area contributed by atoms with Crippen molar-refractivity contribution in [2.45, 2.75) is 35.4 Å². The third-order valence-corrected chi connectivity index (χ3v) is 6.59. The monoisotopic (exact) mass is 479 g/mol. The van der Waals surface area contributed by atoms with E-state index in [2.05, 4.69) is 42.1 Å². The Kier molecular flexibility index (Phi) is 5.07. The maximum Gasteiger partial charge on any atom is 0.325 e. The van der Waals surface area contributed by atoms with Crippen LogP contribution in [0, 0.1) is 5.92 Å². The highest BCUT2D eigenvalue weighted by atomic mass is 79.9. The van der Waals surface area contributed by atoms with E-state index in [0.29, 0.717) is 10.8 Å². The molecule has 2 fully saturated rings. The Bertz CT molecular complexity index is 1010. The van der Waals surface area contributed by atoms with Crippen molar-refractivity contribution in [1.29, 1.82) is 0 Å². The summed E-state index contributed by atoms with van der Waals surface area (Å²) in [5.74, 6) is -0.682. The van der Waals surface area contributed by atoms with E-state index in [-0.39, 0.29) is 18.4 Å². The van der Waals surface area contributed by atoms with Gasteiger partial charge in [-0.3, -0.25) is 14.5 Å². The number of rotatable bonds is 6. The number of anilines is 1. The topological polar surface area (TPSA) is 122 Å². The number of benzene rings is 1. The number of tetrazole rings is 1. The molecule has 10 nitrogen and oxygen atoms in total. The van der Waals surface area contributed by atoms with E-state index in [1.807, 2.05) is 12.1 Å². The molecule has 1 aliphatic carbocycles. The van der Waals surface area contributed by atoms with Gasteiger partial charge in [0.1, 0.15) is 12.1 Å². The minimum atomic E-state index is -0.910. The first kappa shape index (κ1) is 19.8. The molecule has 2 N–H and O–H groups in total. The Morgan fingerprint density at radius 3 is 2.83 bits per heavy atom. The van der Waals surface area contributed by atoms with E-state index >= 15 is 0 Å². The zero-order chi connectivity index (χ0) is 20.8. The SMILES string of the molecule is Cn1nnnc1Sc1ccc(Br)cc1NC(=O)CN1C(=O)NC(C)(C2CC2)C1=O. The molecular formula is C17H18BrN7O3S. The van der Waals surface area contributed by atoms with Gasteiger partial charge >= 0.3 is 6.03 Å². The van der Waals surface area contributed by atoms with Crippen molar-refractivity contribution in [3.05, 3.63) is 22.7 Å². The lowest BCUT2D eigenvalue weighted by Crippen LogP contribution is -2.46. The molecule has 4 rings (SSSR count). The second-order valence-electron chi connectivity index (χ2n) is 7.17. The molecule has 0 bridgehead atoms. The molecule has 1 atom stereocenters. The number of imide groups is 1. The fourth-order valence-electron chi connectivity index (χ4n) is 3.22. The minimum Gasteiger partial charge on any atom is -0.323 e. The average molecular weight is 480 g/mol. The van der Waals surface area contributed by atoms with Gasteiger partial charge in [0.15, 0.2) is 0 Å². The second kappa shape index (κ2) is 7.41. The summed E-state index contributed by atoms with van der Waals surface area (Å²) < 4.78 is 2.29. The second-order valence-corrected chi connectivity index (χ2v) is 9.10. The van der Waals surface area contributed by atoms with Crippen LogP contribution in [0.25, 0.3) is 0 Å². The third-order valence-electron chi connectivity index (χ3n) is 4.99. The maximum atomic E-state index is 12.7. The highest BCUT2D eigenvalue weighted by molar-refractivity contribution is 9.10. The van der Waals surface area contributed by atoms with Crippen LogP contribution < -0.4 is 10.6 Å². The van der Waals surface area contributed by atoms with E-state index in [4.69, 9.17) is 0 Å². The van der Waals surface area contributed by atoms with Crippen LogP contribution in [0.5, 0.6) is 0 Å². The predicted octanol–water partition coefficient (Wildman–Crippen LogP) is 1.78. The molecule has 2 heterocycles. The van der Waals surface area contributed by atoms with E-state index in [0.717, 1.165) is 27.1 Å². The van der Waals surface area contributed by atoms with E-state index in [9.17, 15) is 14.4 Å². The molecule has 0 radical (unpaired) electrons. The highest BCUT2D eigenvalue weighted by Crippen LogP contribution is 2.42. The number of urea groups is 1. The molecule has 0 spiro atoms. The van der Waals surface area contributed by atoms with Crippen LogP contribution in [0.3, 0.4) is 0 Å². The van der Waals surface area contributed by atoms with Gasteiger partial charge in [-0.05, 0) is 66.1 Å². The number of nitrogens with one attached hydrogen (secondary N) is 2. The zero-order valence-corrected chi connectivity index (χ0v) is 18.1. The molecule has 1 aliphatic heterocycles. The minimum absolute atomic E-state index is 0.139. The van der Waals surface area contributed by atoms with Gasteiger partial charge < -0.3 is 10.6 Å². The van der Waals surface area contributed by atoms with Gasteiger partial charge in [-0.2, -0.15) is 0 Å². The van der Waals surface area contributed by atoms with Crippen LogP contribution in [0.15, 0.2) is 32.7 Å². The molecule has 1 saturated carbocycles. The molecule has 1 aromatic heterocycles. The van der Waals surface area contributed by atoms with Crippen molar-refractivity contribution in [1.82, 2.24) is 30.4 Å². The summed E-state index contributed by atoms with van der Waals surface area (Å²) in [7, 11) is 1.72. The molecule has 1 unspecified atom stereocenters. The average Bonchev–Trinajstić information content (AvgIpc) is 3.41. The summed E-state index contributed by atoms with van der Waals surface area (Å²) in [6, 6.07) is 4.86. The number of aryl methyl sites for hydroxylation is 1. The van der Waals surface area contributed by atoms with Crippen molar-refractivity contribution >= 4 is 51.2 Å². The largest absolute Gasteiger partial charge is 0.325 e. The van der Waals surface area contributed by atoms with Crippen LogP contribution in [0.1, 0.15) is 19.8 Å². The van der Waals surface area contributed by atoms with Gasteiger partial charge in [-0.25, -0.2) is 9.48 Å². The number of hydrogen-bond donors (Lipinski definition) is 2. The van der Waals surface area contributed by atoms with Gasteiger partial charge in [-0.1, -0.05) is 15.9 Å². The van der Waals surface area contributed by atoms with E-state index < -0.39 is 17.5 Å². The van der Waals surface area contributed by atoms with Crippen LogP contribution in [-0.4, -0.2) is 55.0 Å². The van der Waals surface area contributed by atoms with Crippen LogP contribution >= 0.6 is 27.7 Å². The Labute approximate surface area is 178 Å². The molecule has 1 saturated heterocycles. The summed E-state index contributed by atoms with van der Waals surface area (Å²) in [5, 5.41) is 17.4. The van der Waals surface area contributed by atoms with Crippen molar-refractivity contribution in [3.8, 4) is 0 Å². The predicted molar refractivity (Wildman–Crippen MR) is 107 cm³/mol. The highest BCUT2D eigenvalue weighted by Gasteiger charge is 2.56. The molecule has 2 aliphatic rings. The molecule has 2 aromatic rings. The first-order valence-corrected chi connectivity index (χ1v) is 10.5. The number of carbonyl (C=O) groups is 3. The number of amides is 4. The molecule has 1 aromatic carbocycles. The summed E-state index contributed by atoms with van der Waals surface area (Å²) >= 11 is 4.67. The quantitative estimate of drug-likeness (QED) is 0.605. The van der Waals surface area contributed by atoms with E-state index in [1.165, 1.54) is 16.4 Å². The number of nitrogens with zero attached hydrogens (tertiary/aromatic N) is 5. The molecule has 4 amide bonds. The Morgan fingerprint density at radius 2 is 2.17 bits per heavy atom. The van der Waals surface area contributed by atoms with Crippen LogP contribution in [0.2, 0.25) is 0 Å². The lowest BCUT2D eigenvalue weighted by Gasteiger charge is -2.20. The Hall–Kier alpha value is -2.47. The summed E-state index contributed by atoms with van der Waals surface area (Å²) in [4.78, 5) is 39.3. The standard InChI is InChI=1S/C17H18BrN7O3S/c1-17(9-3-4-9)14(27)25(15(28)20-17)8-13(26)19-11-7-10(18)5-6-12(11)29-16-21-22-23-24(16)2/h5-7,9H,3-4,8H2,1-2H3,(H,19,26)(H,20,28). The molecule has 152 valence electrons. The normalized spacial score (nSPS) is 21.4. The smallest absolute Gasteiger partial charge is 0.323 e.